The smallest absolute Gasteiger partial charge is 0.353 e. The second kappa shape index (κ2) is 5.48. The maximum Gasteiger partial charge on any atom is 0.353 e. The summed E-state index contributed by atoms with van der Waals surface area (Å²) in [5.41, 5.74) is -0.719. The van der Waals surface area contributed by atoms with Crippen LogP contribution in [0.1, 0.15) is 0 Å². The highest BCUT2D eigenvalue weighted by molar-refractivity contribution is 7.89. The van der Waals surface area contributed by atoms with Crippen molar-refractivity contribution in [3.63, 3.8) is 0 Å². The minimum atomic E-state index is -3.86. The van der Waals surface area contributed by atoms with E-state index in [1.54, 1.807) is 0 Å². The molecule has 116 valence electrons. The topological polar surface area (TPSA) is 112 Å². The normalized spacial score (nSPS) is 16.7. The molecular weight excluding hydrogens is 312 g/mol. The first-order valence-corrected chi connectivity index (χ1v) is 7.82. The van der Waals surface area contributed by atoms with Crippen LogP contribution in [0.2, 0.25) is 0 Å². The molecule has 10 nitrogen and oxygen atoms in total. The first-order chi connectivity index (χ1) is 10.6. The number of rotatable bonds is 3. The van der Waals surface area contributed by atoms with Crippen LogP contribution in [-0.4, -0.2) is 63.4 Å². The number of fused-ring (bicyclic) bond motifs is 1. The molecule has 0 spiro atoms. The van der Waals surface area contributed by atoms with E-state index in [1.807, 2.05) is 0 Å². The molecule has 0 saturated carbocycles. The van der Waals surface area contributed by atoms with Crippen molar-refractivity contribution in [3.8, 4) is 12.3 Å². The fourth-order valence-corrected chi connectivity index (χ4v) is 3.52. The van der Waals surface area contributed by atoms with Crippen LogP contribution in [0, 0.1) is 12.3 Å². The molecule has 0 atom stereocenters. The molecule has 3 heterocycles. The van der Waals surface area contributed by atoms with Gasteiger partial charge in [0.2, 0.25) is 10.7 Å². The van der Waals surface area contributed by atoms with E-state index in [0.29, 0.717) is 13.2 Å². The Bertz CT molecular complexity index is 903. The molecule has 2 aromatic rings. The number of morpholine rings is 1. The molecule has 0 aliphatic carbocycles. The van der Waals surface area contributed by atoms with E-state index in [9.17, 15) is 13.2 Å². The van der Waals surface area contributed by atoms with Crippen LogP contribution in [0.25, 0.3) is 5.65 Å². The molecule has 0 unspecified atom stereocenters. The van der Waals surface area contributed by atoms with E-state index in [4.69, 9.17) is 11.2 Å². The first kappa shape index (κ1) is 14.6. The van der Waals surface area contributed by atoms with Gasteiger partial charge in [-0.25, -0.2) is 22.6 Å². The molecule has 1 saturated heterocycles. The Morgan fingerprint density at radius 3 is 2.77 bits per heavy atom. The number of terminal acetylenes is 1. The van der Waals surface area contributed by atoms with Crippen molar-refractivity contribution >= 4 is 15.7 Å². The van der Waals surface area contributed by atoms with Crippen molar-refractivity contribution in [2.45, 2.75) is 11.6 Å². The zero-order valence-electron chi connectivity index (χ0n) is 11.4. The quantitative estimate of drug-likeness (QED) is 0.597. The van der Waals surface area contributed by atoms with Crippen LogP contribution in [0.4, 0.5) is 0 Å². The Morgan fingerprint density at radius 1 is 1.36 bits per heavy atom. The van der Waals surface area contributed by atoms with E-state index in [1.165, 1.54) is 4.31 Å². The minimum absolute atomic E-state index is 0.0640. The first-order valence-electron chi connectivity index (χ1n) is 6.38. The second-order valence-corrected chi connectivity index (χ2v) is 6.35. The van der Waals surface area contributed by atoms with E-state index in [-0.39, 0.29) is 30.3 Å². The van der Waals surface area contributed by atoms with Crippen LogP contribution in [0.3, 0.4) is 0 Å². The van der Waals surface area contributed by atoms with Crippen molar-refractivity contribution in [2.75, 3.05) is 26.3 Å². The molecule has 0 amide bonds. The van der Waals surface area contributed by atoms with Gasteiger partial charge in [-0.2, -0.15) is 8.99 Å². The zero-order valence-corrected chi connectivity index (χ0v) is 12.2. The number of hydrogen-bond donors (Lipinski definition) is 0. The van der Waals surface area contributed by atoms with Gasteiger partial charge in [0.05, 0.1) is 13.2 Å². The number of hydrogen-bond acceptors (Lipinski definition) is 7. The van der Waals surface area contributed by atoms with Crippen LogP contribution in [0.15, 0.2) is 16.1 Å². The summed E-state index contributed by atoms with van der Waals surface area (Å²) in [6, 6.07) is 0. The summed E-state index contributed by atoms with van der Waals surface area (Å²) in [7, 11) is -3.86. The number of sulfonamides is 1. The Balaban J connectivity index is 2.11. The lowest BCUT2D eigenvalue weighted by atomic mass is 10.5. The van der Waals surface area contributed by atoms with Crippen molar-refractivity contribution < 1.29 is 13.2 Å². The lowest BCUT2D eigenvalue weighted by Crippen LogP contribution is -2.41. The van der Waals surface area contributed by atoms with Crippen molar-refractivity contribution in [3.05, 3.63) is 16.8 Å². The lowest BCUT2D eigenvalue weighted by Gasteiger charge is -2.24. The molecule has 0 radical (unpaired) electrons. The van der Waals surface area contributed by atoms with Gasteiger partial charge in [0, 0.05) is 13.1 Å². The summed E-state index contributed by atoms with van der Waals surface area (Å²) in [6.07, 6.45) is 6.23. The molecule has 1 aliphatic heterocycles. The Hall–Kier alpha value is -2.29. The molecule has 1 aliphatic rings. The predicted molar refractivity (Wildman–Crippen MR) is 73.5 cm³/mol. The fraction of sp³-hybridized carbons (Fsp3) is 0.455. The fourth-order valence-electron chi connectivity index (χ4n) is 2.09. The third-order valence-electron chi connectivity index (χ3n) is 3.18. The highest BCUT2D eigenvalue weighted by Gasteiger charge is 2.31. The molecule has 1 fully saturated rings. The highest BCUT2D eigenvalue weighted by Crippen LogP contribution is 2.17. The van der Waals surface area contributed by atoms with E-state index in [0.717, 1.165) is 15.4 Å². The third kappa shape index (κ3) is 2.27. The predicted octanol–water partition coefficient (Wildman–Crippen LogP) is -2.06. The van der Waals surface area contributed by atoms with E-state index >= 15 is 0 Å². The van der Waals surface area contributed by atoms with Gasteiger partial charge in [-0.15, -0.1) is 11.5 Å². The van der Waals surface area contributed by atoms with E-state index < -0.39 is 15.7 Å². The number of aromatic nitrogens is 5. The van der Waals surface area contributed by atoms with Gasteiger partial charge in [0.25, 0.3) is 10.0 Å². The lowest BCUT2D eigenvalue weighted by molar-refractivity contribution is 0.0729. The molecule has 0 bridgehead atoms. The number of nitrogens with zero attached hydrogens (tertiary/aromatic N) is 6. The second-order valence-electron chi connectivity index (χ2n) is 4.49. The summed E-state index contributed by atoms with van der Waals surface area (Å²) in [4.78, 5) is 15.9. The van der Waals surface area contributed by atoms with Crippen LogP contribution < -0.4 is 5.69 Å². The monoisotopic (exact) mass is 324 g/mol. The summed E-state index contributed by atoms with van der Waals surface area (Å²) >= 11 is 0. The summed E-state index contributed by atoms with van der Waals surface area (Å²) in [6.45, 7) is 1.01. The van der Waals surface area contributed by atoms with Crippen LogP contribution >= 0.6 is 0 Å². The minimum Gasteiger partial charge on any atom is -0.379 e. The van der Waals surface area contributed by atoms with Crippen molar-refractivity contribution in [1.82, 2.24) is 28.7 Å². The molecule has 11 heteroatoms. The summed E-state index contributed by atoms with van der Waals surface area (Å²) in [5.74, 6) is 2.26. The molecule has 0 aromatic carbocycles. The molecule has 0 N–H and O–H groups in total. The van der Waals surface area contributed by atoms with Gasteiger partial charge in [-0.05, 0) is 0 Å². The van der Waals surface area contributed by atoms with Crippen molar-refractivity contribution in [1.29, 1.82) is 0 Å². The Kier molecular flexibility index (Phi) is 3.65. The number of imidazole rings is 1. The number of ether oxygens (including phenoxy) is 1. The average Bonchev–Trinajstić information content (AvgIpc) is 2.97. The van der Waals surface area contributed by atoms with Crippen LogP contribution in [-0.2, 0) is 21.3 Å². The zero-order chi connectivity index (χ0) is 15.7. The van der Waals surface area contributed by atoms with Gasteiger partial charge >= 0.3 is 5.69 Å². The molecule has 2 aromatic heterocycles. The molecular formula is C11H12N6O4S. The van der Waals surface area contributed by atoms with Gasteiger partial charge in [-0.1, -0.05) is 11.1 Å². The molecule has 22 heavy (non-hydrogen) atoms. The Morgan fingerprint density at radius 2 is 2.09 bits per heavy atom. The van der Waals surface area contributed by atoms with Gasteiger partial charge in [0.1, 0.15) is 12.9 Å². The van der Waals surface area contributed by atoms with Gasteiger partial charge < -0.3 is 4.74 Å². The SMILES string of the molecule is C#CCn1nnc2c(S(=O)(=O)N3CCOCC3)ncn2c1=O. The standard InChI is InChI=1S/C11H12N6O4S/c1-2-3-17-11(18)16-8-12-10(9(16)13-14-17)22(19,20)15-4-6-21-7-5-15/h1,8H,3-7H2. The largest absolute Gasteiger partial charge is 0.379 e. The highest BCUT2D eigenvalue weighted by atomic mass is 32.2. The maximum atomic E-state index is 12.6. The maximum absolute atomic E-state index is 12.6. The van der Waals surface area contributed by atoms with Gasteiger partial charge in [-0.3, -0.25) is 0 Å². The molecule has 3 rings (SSSR count). The van der Waals surface area contributed by atoms with E-state index in [2.05, 4.69) is 21.2 Å². The average molecular weight is 324 g/mol. The van der Waals surface area contributed by atoms with Crippen molar-refractivity contribution in [2.24, 2.45) is 0 Å². The summed E-state index contributed by atoms with van der Waals surface area (Å²) < 4.78 is 33.5. The Labute approximate surface area is 125 Å². The van der Waals surface area contributed by atoms with Crippen LogP contribution in [0.5, 0.6) is 0 Å². The summed E-state index contributed by atoms with van der Waals surface area (Å²) in [5, 5.41) is 7.09. The van der Waals surface area contributed by atoms with Gasteiger partial charge in [0.15, 0.2) is 0 Å². The third-order valence-corrected chi connectivity index (χ3v) is 5.00.